The van der Waals surface area contributed by atoms with Gasteiger partial charge in [0, 0.05) is 11.6 Å². The molecule has 0 heterocycles. The second-order valence-corrected chi connectivity index (χ2v) is 3.57. The molecule has 0 aliphatic heterocycles. The predicted molar refractivity (Wildman–Crippen MR) is 58.7 cm³/mol. The molecule has 1 aromatic carbocycles. The zero-order valence-corrected chi connectivity index (χ0v) is 9.35. The van der Waals surface area contributed by atoms with Crippen molar-refractivity contribution < 1.29 is 23.8 Å². The third-order valence-electron chi connectivity index (χ3n) is 2.13. The van der Waals surface area contributed by atoms with Crippen molar-refractivity contribution in [1.82, 2.24) is 0 Å². The average Bonchev–Trinajstić information content (AvgIpc) is 2.27. The van der Waals surface area contributed by atoms with Gasteiger partial charge in [0.2, 0.25) is 0 Å². The molecule has 0 fully saturated rings. The Labute approximate surface area is 98.0 Å². The molecule has 0 saturated heterocycles. The molecule has 17 heavy (non-hydrogen) atoms. The summed E-state index contributed by atoms with van der Waals surface area (Å²) in [5.74, 6) is -1.69. The fraction of sp³-hybridized carbons (Fsp3) is 0.333. The molecule has 0 radical (unpaired) electrons. The zero-order valence-electron chi connectivity index (χ0n) is 9.35. The molecule has 92 valence electrons. The first-order valence-electron chi connectivity index (χ1n) is 5.22. The van der Waals surface area contributed by atoms with Gasteiger partial charge in [0.05, 0.1) is 0 Å². The summed E-state index contributed by atoms with van der Waals surface area (Å²) in [6.45, 7) is 1.82. The van der Waals surface area contributed by atoms with Crippen LogP contribution in [0.2, 0.25) is 0 Å². The number of ether oxygens (including phenoxy) is 1. The quantitative estimate of drug-likeness (QED) is 0.775. The van der Waals surface area contributed by atoms with Crippen molar-refractivity contribution in [2.75, 3.05) is 0 Å². The van der Waals surface area contributed by atoms with E-state index in [1.165, 1.54) is 6.07 Å². The smallest absolute Gasteiger partial charge is 0.344 e. The van der Waals surface area contributed by atoms with Crippen molar-refractivity contribution in [1.29, 1.82) is 0 Å². The first-order valence-corrected chi connectivity index (χ1v) is 5.22. The first-order chi connectivity index (χ1) is 8.06. The highest BCUT2D eigenvalue weighted by Crippen LogP contribution is 2.18. The Balaban J connectivity index is 2.88. The van der Waals surface area contributed by atoms with Crippen LogP contribution in [0.4, 0.5) is 4.39 Å². The molecule has 0 saturated carbocycles. The van der Waals surface area contributed by atoms with Gasteiger partial charge in [-0.1, -0.05) is 13.3 Å². The van der Waals surface area contributed by atoms with E-state index in [0.717, 1.165) is 12.1 Å². The highest BCUT2D eigenvalue weighted by Gasteiger charge is 2.18. The fourth-order valence-electron chi connectivity index (χ4n) is 1.38. The minimum atomic E-state index is -1.11. The van der Waals surface area contributed by atoms with Crippen LogP contribution in [-0.2, 0) is 4.79 Å². The number of halogens is 1. The van der Waals surface area contributed by atoms with Gasteiger partial charge < -0.3 is 9.84 Å². The van der Waals surface area contributed by atoms with Crippen LogP contribution in [0.1, 0.15) is 30.1 Å². The number of hydrogen-bond acceptors (Lipinski definition) is 3. The Morgan fingerprint density at radius 3 is 2.76 bits per heavy atom. The van der Waals surface area contributed by atoms with E-state index in [4.69, 9.17) is 9.84 Å². The first kappa shape index (κ1) is 13.2. The monoisotopic (exact) mass is 240 g/mol. The van der Waals surface area contributed by atoms with Crippen LogP contribution in [0.15, 0.2) is 18.2 Å². The van der Waals surface area contributed by atoms with Crippen molar-refractivity contribution in [3.63, 3.8) is 0 Å². The van der Waals surface area contributed by atoms with Gasteiger partial charge in [-0.15, -0.1) is 0 Å². The molecule has 0 aliphatic carbocycles. The minimum Gasteiger partial charge on any atom is -0.479 e. The van der Waals surface area contributed by atoms with Crippen molar-refractivity contribution in [2.45, 2.75) is 25.9 Å². The maximum Gasteiger partial charge on any atom is 0.344 e. The summed E-state index contributed by atoms with van der Waals surface area (Å²) in [5, 5.41) is 8.87. The molecule has 1 atom stereocenters. The van der Waals surface area contributed by atoms with Crippen molar-refractivity contribution >= 4 is 12.3 Å². The van der Waals surface area contributed by atoms with E-state index < -0.39 is 17.9 Å². The topological polar surface area (TPSA) is 63.6 Å². The third-order valence-corrected chi connectivity index (χ3v) is 2.13. The van der Waals surface area contributed by atoms with Crippen molar-refractivity contribution in [2.24, 2.45) is 0 Å². The molecule has 0 bridgehead atoms. The zero-order chi connectivity index (χ0) is 12.8. The maximum atomic E-state index is 13.1. The van der Waals surface area contributed by atoms with Gasteiger partial charge in [0.15, 0.2) is 6.10 Å². The molecule has 1 aromatic rings. The van der Waals surface area contributed by atoms with E-state index in [0.29, 0.717) is 19.1 Å². The van der Waals surface area contributed by atoms with Gasteiger partial charge in [0.1, 0.15) is 17.9 Å². The lowest BCUT2D eigenvalue weighted by molar-refractivity contribution is -0.145. The Morgan fingerprint density at radius 2 is 2.24 bits per heavy atom. The van der Waals surface area contributed by atoms with Crippen LogP contribution in [-0.4, -0.2) is 23.5 Å². The summed E-state index contributed by atoms with van der Waals surface area (Å²) in [4.78, 5) is 21.4. The van der Waals surface area contributed by atoms with E-state index in [-0.39, 0.29) is 11.3 Å². The van der Waals surface area contributed by atoms with Crippen LogP contribution in [0, 0.1) is 5.82 Å². The Kier molecular flexibility index (Phi) is 4.63. The number of benzene rings is 1. The van der Waals surface area contributed by atoms with E-state index in [1.54, 1.807) is 0 Å². The number of carbonyl (C=O) groups excluding carboxylic acids is 1. The molecule has 0 amide bonds. The molecular formula is C12H13FO4. The van der Waals surface area contributed by atoms with Gasteiger partial charge >= 0.3 is 5.97 Å². The average molecular weight is 240 g/mol. The van der Waals surface area contributed by atoms with Crippen LogP contribution in [0.3, 0.4) is 0 Å². The predicted octanol–water partition coefficient (Wildman–Crippen LogP) is 2.27. The molecule has 0 aliphatic rings. The summed E-state index contributed by atoms with van der Waals surface area (Å²) in [5.41, 5.74) is 0.112. The molecule has 1 unspecified atom stereocenters. The molecule has 0 spiro atoms. The van der Waals surface area contributed by atoms with Crippen LogP contribution in [0.5, 0.6) is 5.75 Å². The molecule has 4 nitrogen and oxygen atoms in total. The fourth-order valence-corrected chi connectivity index (χ4v) is 1.38. The Hall–Kier alpha value is -1.91. The second-order valence-electron chi connectivity index (χ2n) is 3.57. The number of carboxylic acids is 1. The van der Waals surface area contributed by atoms with E-state index in [1.807, 2.05) is 6.92 Å². The van der Waals surface area contributed by atoms with E-state index in [2.05, 4.69) is 0 Å². The number of hydrogen-bond donors (Lipinski definition) is 1. The summed E-state index contributed by atoms with van der Waals surface area (Å²) < 4.78 is 18.2. The van der Waals surface area contributed by atoms with Crippen LogP contribution < -0.4 is 4.74 Å². The number of rotatable bonds is 6. The molecular weight excluding hydrogens is 227 g/mol. The number of aliphatic carboxylic acids is 1. The summed E-state index contributed by atoms with van der Waals surface area (Å²) >= 11 is 0. The Morgan fingerprint density at radius 1 is 1.53 bits per heavy atom. The molecule has 1 N–H and O–H groups in total. The number of carboxylic acid groups (broad SMARTS) is 1. The summed E-state index contributed by atoms with van der Waals surface area (Å²) in [6, 6.07) is 3.41. The normalized spacial score (nSPS) is 11.9. The van der Waals surface area contributed by atoms with Gasteiger partial charge in [-0.2, -0.15) is 0 Å². The molecule has 0 aromatic heterocycles. The Bertz CT molecular complexity index is 417. The highest BCUT2D eigenvalue weighted by atomic mass is 19.1. The third kappa shape index (κ3) is 3.86. The molecule has 1 rings (SSSR count). The summed E-state index contributed by atoms with van der Waals surface area (Å²) in [7, 11) is 0. The highest BCUT2D eigenvalue weighted by molar-refractivity contribution is 5.76. The lowest BCUT2D eigenvalue weighted by atomic mass is 10.2. The SMILES string of the molecule is CCCC(Oc1cc(F)cc(C=O)c1)C(=O)O. The molecule has 5 heteroatoms. The number of carbonyl (C=O) groups is 2. The van der Waals surface area contributed by atoms with Crippen molar-refractivity contribution in [3.05, 3.63) is 29.6 Å². The van der Waals surface area contributed by atoms with Gasteiger partial charge in [-0.05, 0) is 18.6 Å². The lowest BCUT2D eigenvalue weighted by Gasteiger charge is -2.14. The summed E-state index contributed by atoms with van der Waals surface area (Å²) in [6.07, 6.45) is 0.405. The maximum absolute atomic E-state index is 13.1. The largest absolute Gasteiger partial charge is 0.479 e. The van der Waals surface area contributed by atoms with Crippen LogP contribution >= 0.6 is 0 Å². The van der Waals surface area contributed by atoms with Gasteiger partial charge in [-0.25, -0.2) is 9.18 Å². The van der Waals surface area contributed by atoms with E-state index >= 15 is 0 Å². The van der Waals surface area contributed by atoms with Gasteiger partial charge in [-0.3, -0.25) is 4.79 Å². The number of aldehydes is 1. The van der Waals surface area contributed by atoms with Crippen molar-refractivity contribution in [3.8, 4) is 5.75 Å². The van der Waals surface area contributed by atoms with Crippen LogP contribution in [0.25, 0.3) is 0 Å². The second kappa shape index (κ2) is 5.98. The lowest BCUT2D eigenvalue weighted by Crippen LogP contribution is -2.26. The minimum absolute atomic E-state index is 0.0490. The standard InChI is InChI=1S/C12H13FO4/c1-2-3-11(12(15)16)17-10-5-8(7-14)4-9(13)6-10/h4-7,11H,2-3H2,1H3,(H,15,16). The van der Waals surface area contributed by atoms with Gasteiger partial charge in [0.25, 0.3) is 0 Å². The van der Waals surface area contributed by atoms with E-state index in [9.17, 15) is 14.0 Å².